The van der Waals surface area contributed by atoms with Gasteiger partial charge in [0, 0.05) is 12.1 Å². The molecule has 0 saturated carbocycles. The minimum absolute atomic E-state index is 0.0855. The van der Waals surface area contributed by atoms with E-state index < -0.39 is 0 Å². The number of rotatable bonds is 4. The molecule has 0 aliphatic carbocycles. The molecule has 0 radical (unpaired) electrons. The van der Waals surface area contributed by atoms with Crippen LogP contribution in [0, 0.1) is 0 Å². The Morgan fingerprint density at radius 3 is 2.68 bits per heavy atom. The molecular formula is C18H20N2O2. The zero-order chi connectivity index (χ0) is 15.4. The molecule has 3 rings (SSSR count). The first-order valence-electron chi connectivity index (χ1n) is 7.60. The van der Waals surface area contributed by atoms with Gasteiger partial charge in [-0.25, -0.2) is 4.79 Å². The number of carbonyl (C=O) groups is 1. The monoisotopic (exact) mass is 296 g/mol. The molecule has 0 spiro atoms. The van der Waals surface area contributed by atoms with Gasteiger partial charge in [-0.3, -0.25) is 0 Å². The summed E-state index contributed by atoms with van der Waals surface area (Å²) in [5, 5.41) is 5.89. The van der Waals surface area contributed by atoms with Crippen LogP contribution in [-0.4, -0.2) is 12.6 Å². The third-order valence-electron chi connectivity index (χ3n) is 3.94. The summed E-state index contributed by atoms with van der Waals surface area (Å²) in [6.07, 6.45) is 0.962. The summed E-state index contributed by atoms with van der Waals surface area (Å²) in [4.78, 5) is 12.1. The number of nitrogens with one attached hydrogen (secondary N) is 2. The first-order valence-corrected chi connectivity index (χ1v) is 7.60. The average molecular weight is 296 g/mol. The highest BCUT2D eigenvalue weighted by Gasteiger charge is 2.24. The predicted octanol–water partition coefficient (Wildman–Crippen LogP) is 3.18. The standard InChI is InChI=1S/C18H20N2O2/c1-2-13-7-3-4-8-14(13)11-19-18(21)20-16-12-22-17-10-6-5-9-15(16)17/h3-10,16H,2,11-12H2,1H3,(H2,19,20,21). The van der Waals surface area contributed by atoms with E-state index in [1.54, 1.807) is 0 Å². The highest BCUT2D eigenvalue weighted by atomic mass is 16.5. The molecule has 4 nitrogen and oxygen atoms in total. The van der Waals surface area contributed by atoms with Crippen LogP contribution in [0.4, 0.5) is 4.79 Å². The van der Waals surface area contributed by atoms with Crippen LogP contribution in [-0.2, 0) is 13.0 Å². The summed E-state index contributed by atoms with van der Waals surface area (Å²) >= 11 is 0. The zero-order valence-electron chi connectivity index (χ0n) is 12.6. The molecule has 0 aromatic heterocycles. The Hall–Kier alpha value is -2.49. The molecule has 0 fully saturated rings. The van der Waals surface area contributed by atoms with Crippen LogP contribution in [0.2, 0.25) is 0 Å². The van der Waals surface area contributed by atoms with Gasteiger partial charge in [-0.05, 0) is 23.6 Å². The van der Waals surface area contributed by atoms with Crippen LogP contribution in [0.5, 0.6) is 5.75 Å². The van der Waals surface area contributed by atoms with E-state index in [-0.39, 0.29) is 12.1 Å². The molecule has 1 atom stereocenters. The van der Waals surface area contributed by atoms with Crippen molar-refractivity contribution in [2.24, 2.45) is 0 Å². The van der Waals surface area contributed by atoms with Crippen molar-refractivity contribution in [3.05, 3.63) is 65.2 Å². The number of fused-ring (bicyclic) bond motifs is 1. The molecule has 114 valence electrons. The van der Waals surface area contributed by atoms with Crippen molar-refractivity contribution in [3.63, 3.8) is 0 Å². The minimum Gasteiger partial charge on any atom is -0.491 e. The summed E-state index contributed by atoms with van der Waals surface area (Å²) in [6.45, 7) is 3.13. The van der Waals surface area contributed by atoms with E-state index in [1.165, 1.54) is 5.56 Å². The zero-order valence-corrected chi connectivity index (χ0v) is 12.6. The van der Waals surface area contributed by atoms with Gasteiger partial charge in [0.25, 0.3) is 0 Å². The molecule has 4 heteroatoms. The van der Waals surface area contributed by atoms with Gasteiger partial charge in [0.05, 0.1) is 6.04 Å². The fraction of sp³-hybridized carbons (Fsp3) is 0.278. The van der Waals surface area contributed by atoms with E-state index in [4.69, 9.17) is 4.74 Å². The number of ether oxygens (including phenoxy) is 1. The number of benzene rings is 2. The molecule has 22 heavy (non-hydrogen) atoms. The van der Waals surface area contributed by atoms with E-state index in [1.807, 2.05) is 42.5 Å². The number of amides is 2. The van der Waals surface area contributed by atoms with Crippen molar-refractivity contribution in [1.29, 1.82) is 0 Å². The van der Waals surface area contributed by atoms with Crippen molar-refractivity contribution in [3.8, 4) is 5.75 Å². The van der Waals surface area contributed by atoms with Gasteiger partial charge in [0.15, 0.2) is 0 Å². The van der Waals surface area contributed by atoms with E-state index in [9.17, 15) is 4.79 Å². The second-order valence-corrected chi connectivity index (χ2v) is 5.35. The van der Waals surface area contributed by atoms with Crippen LogP contribution in [0.1, 0.15) is 29.7 Å². The molecule has 0 bridgehead atoms. The number of hydrogen-bond acceptors (Lipinski definition) is 2. The molecular weight excluding hydrogens is 276 g/mol. The SMILES string of the molecule is CCc1ccccc1CNC(=O)NC1COc2ccccc21. The second kappa shape index (κ2) is 6.52. The number of carbonyl (C=O) groups excluding carboxylic acids is 1. The Morgan fingerprint density at radius 1 is 1.14 bits per heavy atom. The van der Waals surface area contributed by atoms with Gasteiger partial charge in [-0.2, -0.15) is 0 Å². The number of hydrogen-bond donors (Lipinski definition) is 2. The van der Waals surface area contributed by atoms with E-state index in [0.29, 0.717) is 13.2 Å². The lowest BCUT2D eigenvalue weighted by atomic mass is 10.1. The molecule has 1 unspecified atom stereocenters. The Kier molecular flexibility index (Phi) is 4.28. The molecule has 2 aromatic rings. The summed E-state index contributed by atoms with van der Waals surface area (Å²) in [5.74, 6) is 0.851. The van der Waals surface area contributed by atoms with Crippen molar-refractivity contribution < 1.29 is 9.53 Å². The normalized spacial score (nSPS) is 15.8. The Morgan fingerprint density at radius 2 is 1.86 bits per heavy atom. The number of aryl methyl sites for hydroxylation is 1. The molecule has 2 amide bonds. The van der Waals surface area contributed by atoms with Crippen molar-refractivity contribution >= 4 is 6.03 Å². The van der Waals surface area contributed by atoms with Crippen LogP contribution < -0.4 is 15.4 Å². The summed E-state index contributed by atoms with van der Waals surface area (Å²) in [7, 11) is 0. The van der Waals surface area contributed by atoms with Crippen LogP contribution >= 0.6 is 0 Å². The molecule has 1 aliphatic heterocycles. The first kappa shape index (κ1) is 14.4. The van der Waals surface area contributed by atoms with Gasteiger partial charge >= 0.3 is 6.03 Å². The lowest BCUT2D eigenvalue weighted by Crippen LogP contribution is -2.38. The van der Waals surface area contributed by atoms with Crippen molar-refractivity contribution in [1.82, 2.24) is 10.6 Å². The van der Waals surface area contributed by atoms with Gasteiger partial charge in [-0.1, -0.05) is 49.4 Å². The Balaban J connectivity index is 1.58. The van der Waals surface area contributed by atoms with Gasteiger partial charge in [0.1, 0.15) is 12.4 Å². The molecule has 2 aromatic carbocycles. The maximum absolute atomic E-state index is 12.1. The minimum atomic E-state index is -0.170. The third-order valence-corrected chi connectivity index (χ3v) is 3.94. The van der Waals surface area contributed by atoms with E-state index >= 15 is 0 Å². The summed E-state index contributed by atoms with van der Waals surface area (Å²) in [5.41, 5.74) is 3.45. The molecule has 2 N–H and O–H groups in total. The largest absolute Gasteiger partial charge is 0.491 e. The molecule has 0 saturated heterocycles. The lowest BCUT2D eigenvalue weighted by Gasteiger charge is -2.14. The van der Waals surface area contributed by atoms with Gasteiger partial charge in [0.2, 0.25) is 0 Å². The Bertz CT molecular complexity index is 670. The fourth-order valence-electron chi connectivity index (χ4n) is 2.74. The summed E-state index contributed by atoms with van der Waals surface area (Å²) < 4.78 is 5.57. The van der Waals surface area contributed by atoms with Crippen LogP contribution in [0.3, 0.4) is 0 Å². The van der Waals surface area contributed by atoms with Crippen LogP contribution in [0.15, 0.2) is 48.5 Å². The number of para-hydroxylation sites is 1. The number of urea groups is 1. The second-order valence-electron chi connectivity index (χ2n) is 5.35. The highest BCUT2D eigenvalue weighted by Crippen LogP contribution is 2.31. The Labute approximate surface area is 130 Å². The maximum Gasteiger partial charge on any atom is 0.315 e. The highest BCUT2D eigenvalue weighted by molar-refractivity contribution is 5.74. The van der Waals surface area contributed by atoms with Crippen molar-refractivity contribution in [2.75, 3.05) is 6.61 Å². The quantitative estimate of drug-likeness (QED) is 0.910. The van der Waals surface area contributed by atoms with Gasteiger partial charge in [-0.15, -0.1) is 0 Å². The molecule has 1 aliphatic rings. The smallest absolute Gasteiger partial charge is 0.315 e. The van der Waals surface area contributed by atoms with E-state index in [2.05, 4.69) is 23.6 Å². The maximum atomic E-state index is 12.1. The third kappa shape index (κ3) is 3.06. The first-order chi connectivity index (χ1) is 10.8. The van der Waals surface area contributed by atoms with Crippen molar-refractivity contribution in [2.45, 2.75) is 25.9 Å². The van der Waals surface area contributed by atoms with Crippen LogP contribution in [0.25, 0.3) is 0 Å². The lowest BCUT2D eigenvalue weighted by molar-refractivity contribution is 0.231. The molecule has 1 heterocycles. The topological polar surface area (TPSA) is 50.4 Å². The van der Waals surface area contributed by atoms with E-state index in [0.717, 1.165) is 23.3 Å². The summed E-state index contributed by atoms with van der Waals surface area (Å²) in [6, 6.07) is 15.7. The fourth-order valence-corrected chi connectivity index (χ4v) is 2.74. The average Bonchev–Trinajstić information content (AvgIpc) is 2.96. The van der Waals surface area contributed by atoms with Gasteiger partial charge < -0.3 is 15.4 Å². The predicted molar refractivity (Wildman–Crippen MR) is 85.9 cm³/mol.